The summed E-state index contributed by atoms with van der Waals surface area (Å²) in [6, 6.07) is 44.0. The van der Waals surface area contributed by atoms with Crippen LogP contribution in [0.1, 0.15) is 317 Å². The molecule has 12 unspecified atom stereocenters. The van der Waals surface area contributed by atoms with Gasteiger partial charge in [0.2, 0.25) is 11.8 Å². The van der Waals surface area contributed by atoms with E-state index in [-0.39, 0.29) is 94.4 Å². The molecule has 0 saturated carbocycles. The van der Waals surface area contributed by atoms with Crippen LogP contribution < -0.4 is 31.9 Å². The van der Waals surface area contributed by atoms with Gasteiger partial charge in [-0.3, -0.25) is 58.7 Å². The molecule has 28 heteroatoms. The lowest BCUT2D eigenvalue weighted by molar-refractivity contribution is -0.149. The molecule has 0 fully saturated rings. The Morgan fingerprint density at radius 1 is 0.340 bits per heavy atom. The molecule has 800 valence electrons. The number of allylic oxidation sites excluding steroid dienone is 8. The fourth-order valence-corrected chi connectivity index (χ4v) is 21.3. The summed E-state index contributed by atoms with van der Waals surface area (Å²) in [6.07, 6.45) is 40.6. The van der Waals surface area contributed by atoms with Crippen LogP contribution in [0.4, 0.5) is 43.9 Å². The Balaban J connectivity index is 0.000000171. The highest BCUT2D eigenvalue weighted by molar-refractivity contribution is 6.02. The number of nitrogens with zero attached hydrogens (tertiary/aromatic N) is 6. The molecule has 6 heterocycles. The smallest absolute Gasteiger partial charge is 0.350 e. The molecule has 6 aromatic carbocycles. The number of carbonyl (C=O) groups is 6. The van der Waals surface area contributed by atoms with Gasteiger partial charge in [0.25, 0.3) is 35.4 Å². The van der Waals surface area contributed by atoms with E-state index in [1.54, 1.807) is 68.7 Å². The molecule has 150 heavy (non-hydrogen) atoms. The third kappa shape index (κ3) is 36.9. The first-order valence-corrected chi connectivity index (χ1v) is 52.7. The molecular formula is C122H146F10N12O6. The van der Waals surface area contributed by atoms with E-state index in [4.69, 9.17) is 0 Å². The van der Waals surface area contributed by atoms with Gasteiger partial charge >= 0.3 is 6.18 Å². The summed E-state index contributed by atoms with van der Waals surface area (Å²) in [6.45, 7) is 25.0. The maximum atomic E-state index is 13.9. The first-order valence-electron chi connectivity index (χ1n) is 52.7. The summed E-state index contributed by atoms with van der Waals surface area (Å²) in [5.41, 5.74) is 4.48. The SMILES string of the molecule is CC(CC1CC=CCC1)NC(=O)c1cnc2ccccc2c1.CC(F)(F)CC(C)(CC1CC=CCC1)NC(=O)c1cnc2c(F)cccc2c1.CCCC(C)CC(C)(CC(F)(F)F)NC(=O)c1cnc2c(F)cccc2c1.CCCC(C)CC(C)NC(=O)c1cnc2c(F)cccc2c1.Cc1cccc2cc(C(=O)NC(C)(CC3CC=CCC3)CC(C)(F)F)cnc12.Cc1cccc2cc(C(=O)NC(C)CC3CC=CCC3)cnc12. The Bertz CT molecular complexity index is 6580. The number of nitrogens with one attached hydrogen (secondary N) is 6. The molecule has 18 nitrogen and oxygen atoms in total. The van der Waals surface area contributed by atoms with Crippen LogP contribution in [-0.4, -0.2) is 118 Å². The second-order valence-corrected chi connectivity index (χ2v) is 42.9. The number of aromatic nitrogens is 6. The van der Waals surface area contributed by atoms with Crippen molar-refractivity contribution in [3.63, 3.8) is 0 Å². The molecule has 0 aliphatic heterocycles. The number of benzene rings is 6. The average Bonchev–Trinajstić information content (AvgIpc) is 0.816. The van der Waals surface area contributed by atoms with Crippen molar-refractivity contribution in [2.45, 2.75) is 310 Å². The number of carbonyl (C=O) groups excluding carboxylic acids is 6. The highest BCUT2D eigenvalue weighted by Crippen LogP contribution is 2.40. The van der Waals surface area contributed by atoms with Gasteiger partial charge in [-0.25, -0.2) is 30.7 Å². The van der Waals surface area contributed by atoms with E-state index in [9.17, 15) is 72.7 Å². The number of hydrogen-bond acceptors (Lipinski definition) is 12. The van der Waals surface area contributed by atoms with Crippen LogP contribution in [0.3, 0.4) is 0 Å². The Hall–Kier alpha value is -13.1. The van der Waals surface area contributed by atoms with Crippen molar-refractivity contribution in [1.29, 1.82) is 0 Å². The van der Waals surface area contributed by atoms with Crippen molar-refractivity contribution < 1.29 is 72.7 Å². The molecule has 0 bridgehead atoms. The molecule has 0 spiro atoms. The Morgan fingerprint density at radius 3 is 0.987 bits per heavy atom. The van der Waals surface area contributed by atoms with Crippen molar-refractivity contribution in [2.24, 2.45) is 35.5 Å². The van der Waals surface area contributed by atoms with Crippen molar-refractivity contribution in [3.05, 3.63) is 299 Å². The highest BCUT2D eigenvalue weighted by Gasteiger charge is 2.43. The van der Waals surface area contributed by atoms with E-state index in [1.165, 1.54) is 93.8 Å². The second kappa shape index (κ2) is 54.5. The maximum Gasteiger partial charge on any atom is 0.391 e. The molecule has 0 radical (unpaired) electrons. The first-order chi connectivity index (χ1) is 71.2. The molecule has 4 aliphatic carbocycles. The zero-order chi connectivity index (χ0) is 109. The zero-order valence-electron chi connectivity index (χ0n) is 88.8. The summed E-state index contributed by atoms with van der Waals surface area (Å²) < 4.78 is 136. The number of fused-ring (bicyclic) bond motifs is 6. The molecule has 6 aromatic heterocycles. The van der Waals surface area contributed by atoms with Gasteiger partial charge in [0, 0.05) is 117 Å². The predicted molar refractivity (Wildman–Crippen MR) is 581 cm³/mol. The molecule has 6 N–H and O–H groups in total. The van der Waals surface area contributed by atoms with Crippen molar-refractivity contribution in [1.82, 2.24) is 61.8 Å². The number of alkyl halides is 7. The largest absolute Gasteiger partial charge is 0.391 e. The van der Waals surface area contributed by atoms with E-state index in [0.29, 0.717) is 80.4 Å². The quantitative estimate of drug-likeness (QED) is 0.0166. The number of para-hydroxylation sites is 6. The van der Waals surface area contributed by atoms with Crippen LogP contribution in [-0.2, 0) is 0 Å². The minimum atomic E-state index is -4.40. The first kappa shape index (κ1) is 117. The molecule has 6 amide bonds. The number of rotatable bonds is 33. The van der Waals surface area contributed by atoms with E-state index >= 15 is 0 Å². The van der Waals surface area contributed by atoms with E-state index < -0.39 is 70.9 Å². The van der Waals surface area contributed by atoms with Crippen LogP contribution >= 0.6 is 0 Å². The average molecular weight is 2070 g/mol. The molecule has 16 rings (SSSR count). The summed E-state index contributed by atoms with van der Waals surface area (Å²) in [7, 11) is 0. The topological polar surface area (TPSA) is 252 Å². The van der Waals surface area contributed by atoms with E-state index in [1.807, 2.05) is 107 Å². The van der Waals surface area contributed by atoms with Crippen molar-refractivity contribution in [3.8, 4) is 0 Å². The highest BCUT2D eigenvalue weighted by atomic mass is 19.4. The normalized spacial score (nSPS) is 17.7. The van der Waals surface area contributed by atoms with Crippen LogP contribution in [0.5, 0.6) is 0 Å². The Kier molecular flexibility index (Phi) is 42.6. The van der Waals surface area contributed by atoms with Gasteiger partial charge in [0.1, 0.15) is 34.0 Å². The van der Waals surface area contributed by atoms with Gasteiger partial charge in [0.05, 0.1) is 56.4 Å². The lowest BCUT2D eigenvalue weighted by Gasteiger charge is -2.36. The lowest BCUT2D eigenvalue weighted by Crippen LogP contribution is -2.50. The van der Waals surface area contributed by atoms with Gasteiger partial charge < -0.3 is 31.9 Å². The Morgan fingerprint density at radius 2 is 0.640 bits per heavy atom. The Labute approximate surface area is 875 Å². The molecule has 0 saturated heterocycles. The van der Waals surface area contributed by atoms with Gasteiger partial charge in [0.15, 0.2) is 0 Å². The van der Waals surface area contributed by atoms with Crippen molar-refractivity contribution in [2.75, 3.05) is 0 Å². The summed E-state index contributed by atoms with van der Waals surface area (Å²) in [4.78, 5) is 101. The summed E-state index contributed by atoms with van der Waals surface area (Å²) >= 11 is 0. The van der Waals surface area contributed by atoms with Crippen LogP contribution in [0, 0.1) is 66.8 Å². The maximum absolute atomic E-state index is 13.9. The fourth-order valence-electron chi connectivity index (χ4n) is 21.3. The number of pyridine rings is 6. The number of aryl methyl sites for hydroxylation is 2. The minimum Gasteiger partial charge on any atom is -0.350 e. The molecule has 4 aliphatic rings. The van der Waals surface area contributed by atoms with Crippen molar-refractivity contribution >= 4 is 101 Å². The standard InChI is InChI=1S/C23H28F2N2O.C22H25F3N2O.C20H24F4N2O.C20H24N2O.C19H22N2O.C18H23FN2O/c1-16-8-7-11-18-12-19(14-26-20(16)18)21(28)27-22(2,15-23(3,24)25)13-17-9-5-4-6-10-17;1-21(14-22(2,24)25,12-15-7-4-3-5-8-15)27-20(28)17-11-16-9-6-10-18(23)19(16)26-13-17;1-4-6-13(2)10-19(3,12-20(22,23)24)26-18(27)15-9-14-7-5-8-16(21)17(14)25-11-15;1-14-7-6-10-17-12-18(13-21-19(14)17)20(23)22-15(2)11-16-8-4-3-5-9-16;1-14(11-15-7-3-2-4-8-15)21-19(22)17-12-16-9-5-6-10-18(16)20-13-17;1-4-6-12(2)9-13(3)21-18(22)15-10-14-7-5-8-16(19)17(14)20-11-15/h4-5,7-8,11-12,14,17H,6,9-10,13,15H2,1-3H3,(H,27,28);3-4,6,9-11,13,15H,5,7-8,12,14H2,1-2H3,(H,27,28);5,7-9,11,13H,4,6,10,12H2,1-3H3,(H,26,27);3-4,6-7,10,12-13,15-16H,5,8-9,11H2,1-2H3,(H,22,23);2-3,5-6,9-10,12-15H,4,7-8,11H2,1H3,(H,21,22);5,7-8,10-13H,4,6,9H2,1-3H3,(H,21,22). The number of halogens is 10. The zero-order valence-corrected chi connectivity index (χ0v) is 88.8. The third-order valence-corrected chi connectivity index (χ3v) is 27.8. The molecular weight excluding hydrogens is 1920 g/mol. The van der Waals surface area contributed by atoms with Gasteiger partial charge in [-0.15, -0.1) is 0 Å². The van der Waals surface area contributed by atoms with E-state index in [2.05, 4.69) is 138 Å². The van der Waals surface area contributed by atoms with Gasteiger partial charge in [-0.1, -0.05) is 193 Å². The molecule has 12 atom stereocenters. The van der Waals surface area contributed by atoms with Crippen LogP contribution in [0.25, 0.3) is 65.4 Å². The monoisotopic (exact) mass is 2070 g/mol. The van der Waals surface area contributed by atoms with Gasteiger partial charge in [-0.05, 0) is 292 Å². The minimum absolute atomic E-state index is 0.0280. The van der Waals surface area contributed by atoms with E-state index in [0.717, 1.165) is 154 Å². The lowest BCUT2D eigenvalue weighted by atomic mass is 9.79. The molecule has 12 aromatic rings. The third-order valence-electron chi connectivity index (χ3n) is 27.8. The summed E-state index contributed by atoms with van der Waals surface area (Å²) in [5.74, 6) is -6.26. The van der Waals surface area contributed by atoms with Crippen LogP contribution in [0.2, 0.25) is 0 Å². The number of hydrogen-bond donors (Lipinski definition) is 6. The summed E-state index contributed by atoms with van der Waals surface area (Å²) in [5, 5.41) is 21.9. The predicted octanol–water partition coefficient (Wildman–Crippen LogP) is 29.9. The van der Waals surface area contributed by atoms with Crippen LogP contribution in [0.15, 0.2) is 237 Å². The number of amides is 6. The fraction of sp³-hybridized carbons (Fsp3) is 0.443. The second-order valence-electron chi connectivity index (χ2n) is 42.9. The van der Waals surface area contributed by atoms with Gasteiger partial charge in [-0.2, -0.15) is 13.2 Å².